The van der Waals surface area contributed by atoms with Crippen LogP contribution < -0.4 is 5.32 Å². The summed E-state index contributed by atoms with van der Waals surface area (Å²) in [5.41, 5.74) is 3.37. The molecule has 0 atom stereocenters. The molecule has 0 aliphatic carbocycles. The third-order valence-corrected chi connectivity index (χ3v) is 3.64. The zero-order valence-electron chi connectivity index (χ0n) is 10.6. The fourth-order valence-corrected chi connectivity index (χ4v) is 2.39. The molecule has 100 valence electrons. The molecule has 0 fully saturated rings. The lowest BCUT2D eigenvalue weighted by Gasteiger charge is -2.10. The number of hydrogen-bond donors (Lipinski definition) is 1. The normalized spacial score (nSPS) is 10.5. The molecular formula is C15H15BrClNO. The van der Waals surface area contributed by atoms with Gasteiger partial charge in [0, 0.05) is 23.1 Å². The van der Waals surface area contributed by atoms with Crippen LogP contribution in [0.5, 0.6) is 0 Å². The molecule has 0 bridgehead atoms. The summed E-state index contributed by atoms with van der Waals surface area (Å²) < 4.78 is 6.14. The van der Waals surface area contributed by atoms with Gasteiger partial charge in [-0.3, -0.25) is 0 Å². The van der Waals surface area contributed by atoms with Crippen molar-refractivity contribution in [2.75, 3.05) is 12.4 Å². The van der Waals surface area contributed by atoms with E-state index in [9.17, 15) is 0 Å². The van der Waals surface area contributed by atoms with Gasteiger partial charge in [0.2, 0.25) is 0 Å². The Morgan fingerprint density at radius 1 is 1.16 bits per heavy atom. The number of ether oxygens (including phenoxy) is 1. The maximum Gasteiger partial charge on any atom is 0.0713 e. The Morgan fingerprint density at radius 3 is 2.74 bits per heavy atom. The molecule has 0 saturated heterocycles. The molecule has 0 aromatic heterocycles. The van der Waals surface area contributed by atoms with Crippen molar-refractivity contribution in [2.24, 2.45) is 0 Å². The molecule has 1 N–H and O–H groups in total. The lowest BCUT2D eigenvalue weighted by Crippen LogP contribution is -2.01. The van der Waals surface area contributed by atoms with Gasteiger partial charge in [-0.2, -0.15) is 0 Å². The van der Waals surface area contributed by atoms with Gasteiger partial charge in [0.15, 0.2) is 0 Å². The van der Waals surface area contributed by atoms with E-state index in [1.54, 1.807) is 7.11 Å². The second-order valence-electron chi connectivity index (χ2n) is 4.23. The van der Waals surface area contributed by atoms with Gasteiger partial charge in [0.1, 0.15) is 0 Å². The van der Waals surface area contributed by atoms with E-state index in [1.807, 2.05) is 24.3 Å². The van der Waals surface area contributed by atoms with E-state index in [1.165, 1.54) is 11.1 Å². The van der Waals surface area contributed by atoms with Gasteiger partial charge >= 0.3 is 0 Å². The number of benzene rings is 2. The van der Waals surface area contributed by atoms with Crippen LogP contribution in [0.1, 0.15) is 11.1 Å². The van der Waals surface area contributed by atoms with Crippen LogP contribution in [0, 0.1) is 0 Å². The van der Waals surface area contributed by atoms with E-state index in [0.29, 0.717) is 6.61 Å². The summed E-state index contributed by atoms with van der Waals surface area (Å²) in [7, 11) is 1.70. The van der Waals surface area contributed by atoms with Gasteiger partial charge in [-0.1, -0.05) is 35.9 Å². The number of rotatable bonds is 5. The summed E-state index contributed by atoms with van der Waals surface area (Å²) in [4.78, 5) is 0. The Bertz CT molecular complexity index is 560. The van der Waals surface area contributed by atoms with Gasteiger partial charge in [-0.15, -0.1) is 0 Å². The topological polar surface area (TPSA) is 21.3 Å². The Balaban J connectivity index is 2.05. The molecular weight excluding hydrogens is 326 g/mol. The number of methoxy groups -OCH3 is 1. The number of hydrogen-bond acceptors (Lipinski definition) is 2. The van der Waals surface area contributed by atoms with Crippen LogP contribution >= 0.6 is 27.5 Å². The highest BCUT2D eigenvalue weighted by molar-refractivity contribution is 9.10. The van der Waals surface area contributed by atoms with Crippen molar-refractivity contribution in [2.45, 2.75) is 13.2 Å². The predicted molar refractivity (Wildman–Crippen MR) is 83.6 cm³/mol. The van der Waals surface area contributed by atoms with Crippen molar-refractivity contribution in [3.05, 3.63) is 63.1 Å². The van der Waals surface area contributed by atoms with Gasteiger partial charge in [-0.25, -0.2) is 0 Å². The van der Waals surface area contributed by atoms with Crippen LogP contribution in [0.3, 0.4) is 0 Å². The maximum atomic E-state index is 5.99. The van der Waals surface area contributed by atoms with E-state index in [-0.39, 0.29) is 0 Å². The first-order chi connectivity index (χ1) is 9.19. The highest BCUT2D eigenvalue weighted by atomic mass is 79.9. The average molecular weight is 341 g/mol. The molecule has 2 nitrogen and oxygen atoms in total. The maximum absolute atomic E-state index is 5.99. The first-order valence-electron chi connectivity index (χ1n) is 5.94. The first-order valence-corrected chi connectivity index (χ1v) is 7.12. The molecule has 0 spiro atoms. The minimum atomic E-state index is 0.634. The molecule has 0 saturated carbocycles. The highest BCUT2D eigenvalue weighted by Gasteiger charge is 2.01. The van der Waals surface area contributed by atoms with Gasteiger partial charge in [0.25, 0.3) is 0 Å². The standard InChI is InChI=1S/C15H15BrClNO/c1-19-10-12-4-2-3-11(7-12)9-18-15-8-13(17)5-6-14(15)16/h2-8,18H,9-10H2,1H3. The Hall–Kier alpha value is -1.03. The summed E-state index contributed by atoms with van der Waals surface area (Å²) >= 11 is 9.49. The van der Waals surface area contributed by atoms with E-state index in [0.717, 1.165) is 21.7 Å². The lowest BCUT2D eigenvalue weighted by molar-refractivity contribution is 0.185. The number of anilines is 1. The van der Waals surface area contributed by atoms with E-state index in [4.69, 9.17) is 16.3 Å². The molecule has 0 heterocycles. The van der Waals surface area contributed by atoms with Crippen molar-refractivity contribution in [1.82, 2.24) is 0 Å². The fourth-order valence-electron chi connectivity index (χ4n) is 1.83. The zero-order valence-corrected chi connectivity index (χ0v) is 13.0. The molecule has 2 aromatic rings. The molecule has 0 amide bonds. The molecule has 19 heavy (non-hydrogen) atoms. The SMILES string of the molecule is COCc1cccc(CNc2cc(Cl)ccc2Br)c1. The van der Waals surface area contributed by atoms with Crippen LogP contribution in [0.2, 0.25) is 5.02 Å². The Morgan fingerprint density at radius 2 is 1.95 bits per heavy atom. The largest absolute Gasteiger partial charge is 0.380 e. The van der Waals surface area contributed by atoms with Crippen molar-refractivity contribution in [3.8, 4) is 0 Å². The summed E-state index contributed by atoms with van der Waals surface area (Å²) in [6.07, 6.45) is 0. The van der Waals surface area contributed by atoms with Crippen LogP contribution in [0.15, 0.2) is 46.9 Å². The second-order valence-corrected chi connectivity index (χ2v) is 5.52. The third-order valence-electron chi connectivity index (χ3n) is 2.71. The first kappa shape index (κ1) is 14.4. The minimum absolute atomic E-state index is 0.634. The summed E-state index contributed by atoms with van der Waals surface area (Å²) in [5, 5.41) is 4.09. The van der Waals surface area contributed by atoms with E-state index < -0.39 is 0 Å². The highest BCUT2D eigenvalue weighted by Crippen LogP contribution is 2.26. The molecule has 0 aliphatic rings. The molecule has 2 aromatic carbocycles. The Kier molecular flexibility index (Phi) is 5.25. The van der Waals surface area contributed by atoms with Crippen LogP contribution in [-0.2, 0) is 17.9 Å². The average Bonchev–Trinajstić information content (AvgIpc) is 2.41. The van der Waals surface area contributed by atoms with E-state index in [2.05, 4.69) is 39.4 Å². The molecule has 0 radical (unpaired) electrons. The van der Waals surface area contributed by atoms with Crippen molar-refractivity contribution in [1.29, 1.82) is 0 Å². The van der Waals surface area contributed by atoms with Crippen molar-refractivity contribution in [3.63, 3.8) is 0 Å². The quantitative estimate of drug-likeness (QED) is 0.839. The lowest BCUT2D eigenvalue weighted by atomic mass is 10.1. The summed E-state index contributed by atoms with van der Waals surface area (Å²) in [5.74, 6) is 0. The van der Waals surface area contributed by atoms with Crippen LogP contribution in [-0.4, -0.2) is 7.11 Å². The zero-order chi connectivity index (χ0) is 13.7. The predicted octanol–water partition coefficient (Wildman–Crippen LogP) is 4.86. The second kappa shape index (κ2) is 6.94. The molecule has 4 heteroatoms. The summed E-state index contributed by atoms with van der Waals surface area (Å²) in [6, 6.07) is 14.0. The molecule has 0 unspecified atom stereocenters. The smallest absolute Gasteiger partial charge is 0.0713 e. The van der Waals surface area contributed by atoms with Crippen molar-refractivity contribution < 1.29 is 4.74 Å². The fraction of sp³-hybridized carbons (Fsp3) is 0.200. The van der Waals surface area contributed by atoms with E-state index >= 15 is 0 Å². The monoisotopic (exact) mass is 339 g/mol. The number of halogens is 2. The Labute approximate surface area is 126 Å². The van der Waals surface area contributed by atoms with Crippen LogP contribution in [0.4, 0.5) is 5.69 Å². The number of nitrogens with one attached hydrogen (secondary N) is 1. The van der Waals surface area contributed by atoms with Gasteiger partial charge in [0.05, 0.1) is 12.3 Å². The molecule has 2 rings (SSSR count). The minimum Gasteiger partial charge on any atom is -0.380 e. The third kappa shape index (κ3) is 4.23. The van der Waals surface area contributed by atoms with Crippen LogP contribution in [0.25, 0.3) is 0 Å². The van der Waals surface area contributed by atoms with Gasteiger partial charge in [-0.05, 0) is 45.3 Å². The summed E-state index contributed by atoms with van der Waals surface area (Å²) in [6.45, 7) is 1.38. The van der Waals surface area contributed by atoms with Gasteiger partial charge < -0.3 is 10.1 Å². The molecule has 0 aliphatic heterocycles. The van der Waals surface area contributed by atoms with Crippen molar-refractivity contribution >= 4 is 33.2 Å².